The zero-order chi connectivity index (χ0) is 23.5. The number of hydrogen-bond acceptors (Lipinski definition) is 6. The Kier molecular flexibility index (Phi) is 6.76. The number of hydrogen-bond donors (Lipinski definition) is 6. The Labute approximate surface area is 192 Å². The van der Waals surface area contributed by atoms with Crippen LogP contribution in [0.1, 0.15) is 11.9 Å². The molecule has 0 atom stereocenters. The van der Waals surface area contributed by atoms with Gasteiger partial charge in [0.2, 0.25) is 0 Å². The van der Waals surface area contributed by atoms with Crippen LogP contribution in [0.4, 0.5) is 0 Å². The summed E-state index contributed by atoms with van der Waals surface area (Å²) in [7, 11) is -3.08. The van der Waals surface area contributed by atoms with Gasteiger partial charge in [-0.25, -0.2) is 0 Å². The first-order chi connectivity index (χ1) is 15.8. The average Bonchev–Trinajstić information content (AvgIpc) is 2.84. The summed E-state index contributed by atoms with van der Waals surface area (Å²) >= 11 is 0. The highest BCUT2D eigenvalue weighted by molar-refractivity contribution is 6.58. The SMILES string of the molecule is OB(O)c1ccc(-c2cc(-c3ccc(B(O)O)cc3)cc(-c3ccc(C(O)O)cc3)c2)cc1. The zero-order valence-corrected chi connectivity index (χ0v) is 17.6. The van der Waals surface area contributed by atoms with E-state index in [0.717, 1.165) is 33.4 Å². The van der Waals surface area contributed by atoms with E-state index in [9.17, 15) is 30.3 Å². The molecule has 0 unspecified atom stereocenters. The fourth-order valence-electron chi connectivity index (χ4n) is 3.67. The van der Waals surface area contributed by atoms with E-state index in [1.165, 1.54) is 0 Å². The summed E-state index contributed by atoms with van der Waals surface area (Å²) < 4.78 is 0. The maximum atomic E-state index is 9.38. The Morgan fingerprint density at radius 1 is 0.424 bits per heavy atom. The van der Waals surface area contributed by atoms with Crippen molar-refractivity contribution >= 4 is 25.2 Å². The summed E-state index contributed by atoms with van der Waals surface area (Å²) in [6.45, 7) is 0. The normalized spacial score (nSPS) is 11.0. The predicted molar refractivity (Wildman–Crippen MR) is 130 cm³/mol. The molecule has 0 aliphatic heterocycles. The van der Waals surface area contributed by atoms with Gasteiger partial charge in [-0.1, -0.05) is 72.8 Å². The average molecular weight is 440 g/mol. The van der Waals surface area contributed by atoms with Crippen molar-refractivity contribution in [2.24, 2.45) is 0 Å². The van der Waals surface area contributed by atoms with E-state index in [-0.39, 0.29) is 0 Å². The second-order valence-electron chi connectivity index (χ2n) is 7.79. The van der Waals surface area contributed by atoms with Gasteiger partial charge in [0.1, 0.15) is 0 Å². The van der Waals surface area contributed by atoms with E-state index < -0.39 is 20.5 Å². The summed E-state index contributed by atoms with van der Waals surface area (Å²) in [5, 5.41) is 56.3. The standard InChI is InChI=1S/C25H22B2O6/c28-25(29)19-3-1-16(2-4-19)20-13-21(17-5-9-23(10-6-17)26(30)31)15-22(14-20)18-7-11-24(12-8-18)27(32)33/h1-15,25,28-33H. The number of benzene rings is 4. The highest BCUT2D eigenvalue weighted by Crippen LogP contribution is 2.33. The van der Waals surface area contributed by atoms with Crippen LogP contribution >= 0.6 is 0 Å². The number of aliphatic hydroxyl groups is 2. The van der Waals surface area contributed by atoms with Crippen LogP contribution in [0.2, 0.25) is 0 Å². The largest absolute Gasteiger partial charge is 0.488 e. The predicted octanol–water partition coefficient (Wildman–Crippen LogP) is 1.03. The van der Waals surface area contributed by atoms with E-state index in [2.05, 4.69) is 0 Å². The van der Waals surface area contributed by atoms with E-state index in [4.69, 9.17) is 0 Å². The van der Waals surface area contributed by atoms with Gasteiger partial charge < -0.3 is 30.3 Å². The van der Waals surface area contributed by atoms with Gasteiger partial charge in [-0.15, -0.1) is 0 Å². The molecule has 0 saturated carbocycles. The summed E-state index contributed by atoms with van der Waals surface area (Å²) in [6, 6.07) is 26.8. The molecule has 164 valence electrons. The van der Waals surface area contributed by atoms with Gasteiger partial charge in [-0.2, -0.15) is 0 Å². The van der Waals surface area contributed by atoms with Crippen LogP contribution in [0.15, 0.2) is 91.0 Å². The summed E-state index contributed by atoms with van der Waals surface area (Å²) in [4.78, 5) is 0. The van der Waals surface area contributed by atoms with Gasteiger partial charge in [0.25, 0.3) is 0 Å². The Hall–Kier alpha value is -3.23. The van der Waals surface area contributed by atoms with Gasteiger partial charge >= 0.3 is 14.2 Å². The molecule has 0 aromatic heterocycles. The molecule has 0 fully saturated rings. The van der Waals surface area contributed by atoms with Gasteiger partial charge in [-0.05, 0) is 62.5 Å². The molecule has 0 amide bonds. The third-order valence-electron chi connectivity index (χ3n) is 5.56. The van der Waals surface area contributed by atoms with Gasteiger partial charge in [0, 0.05) is 5.56 Å². The lowest BCUT2D eigenvalue weighted by Crippen LogP contribution is -2.29. The lowest BCUT2D eigenvalue weighted by atomic mass is 9.79. The first-order valence-corrected chi connectivity index (χ1v) is 10.4. The summed E-state index contributed by atoms with van der Waals surface area (Å²) in [5.74, 6) is 0. The molecule has 33 heavy (non-hydrogen) atoms. The van der Waals surface area contributed by atoms with E-state index in [1.807, 2.05) is 54.6 Å². The van der Waals surface area contributed by atoms with Crippen LogP contribution in [-0.2, 0) is 0 Å². The fourth-order valence-corrected chi connectivity index (χ4v) is 3.67. The van der Waals surface area contributed by atoms with Crippen LogP contribution in [0.25, 0.3) is 33.4 Å². The molecule has 0 saturated heterocycles. The molecular weight excluding hydrogens is 418 g/mol. The lowest BCUT2D eigenvalue weighted by Gasteiger charge is -2.13. The first kappa shape index (κ1) is 22.9. The summed E-state index contributed by atoms with van der Waals surface area (Å²) in [6.07, 6.45) is -1.54. The van der Waals surface area contributed by atoms with Gasteiger partial charge in [0.05, 0.1) is 0 Å². The molecule has 0 radical (unpaired) electrons. The van der Waals surface area contributed by atoms with Crippen molar-refractivity contribution < 1.29 is 30.3 Å². The molecule has 4 aromatic carbocycles. The summed E-state index contributed by atoms with van der Waals surface area (Å²) in [5.41, 5.74) is 6.54. The number of aliphatic hydroxyl groups excluding tert-OH is 1. The quantitative estimate of drug-likeness (QED) is 0.197. The Balaban J connectivity index is 1.81. The molecule has 4 rings (SSSR count). The topological polar surface area (TPSA) is 121 Å². The second kappa shape index (κ2) is 9.72. The molecule has 0 spiro atoms. The van der Waals surface area contributed by atoms with Gasteiger partial charge in [-0.3, -0.25) is 0 Å². The monoisotopic (exact) mass is 440 g/mol. The molecule has 4 aromatic rings. The highest BCUT2D eigenvalue weighted by Gasteiger charge is 2.13. The highest BCUT2D eigenvalue weighted by atomic mass is 16.5. The van der Waals surface area contributed by atoms with Crippen LogP contribution in [0.3, 0.4) is 0 Å². The first-order valence-electron chi connectivity index (χ1n) is 10.4. The maximum absolute atomic E-state index is 9.38. The minimum atomic E-state index is -1.54. The molecule has 6 N–H and O–H groups in total. The third kappa shape index (κ3) is 5.23. The van der Waals surface area contributed by atoms with E-state index in [0.29, 0.717) is 16.5 Å². The van der Waals surface area contributed by atoms with Crippen LogP contribution in [0, 0.1) is 0 Å². The smallest absolute Gasteiger partial charge is 0.423 e. The van der Waals surface area contributed by atoms with Crippen LogP contribution in [0.5, 0.6) is 0 Å². The van der Waals surface area contributed by atoms with Gasteiger partial charge in [0.15, 0.2) is 6.29 Å². The Morgan fingerprint density at radius 2 is 0.727 bits per heavy atom. The minimum Gasteiger partial charge on any atom is -0.423 e. The maximum Gasteiger partial charge on any atom is 0.488 e. The Morgan fingerprint density at radius 3 is 1.00 bits per heavy atom. The molecule has 6 nitrogen and oxygen atoms in total. The van der Waals surface area contributed by atoms with Crippen molar-refractivity contribution in [3.8, 4) is 33.4 Å². The van der Waals surface area contributed by atoms with Crippen molar-refractivity contribution in [2.45, 2.75) is 6.29 Å². The molecule has 8 heteroatoms. The van der Waals surface area contributed by atoms with Crippen molar-refractivity contribution in [1.29, 1.82) is 0 Å². The zero-order valence-electron chi connectivity index (χ0n) is 17.6. The molecule has 0 heterocycles. The van der Waals surface area contributed by atoms with Crippen molar-refractivity contribution in [3.05, 3.63) is 96.6 Å². The van der Waals surface area contributed by atoms with Crippen LogP contribution in [-0.4, -0.2) is 44.5 Å². The van der Waals surface area contributed by atoms with E-state index >= 15 is 0 Å². The molecule has 0 aliphatic rings. The third-order valence-corrected chi connectivity index (χ3v) is 5.56. The van der Waals surface area contributed by atoms with Crippen LogP contribution < -0.4 is 10.9 Å². The lowest BCUT2D eigenvalue weighted by molar-refractivity contribution is -0.0424. The molecule has 0 aliphatic carbocycles. The van der Waals surface area contributed by atoms with Crippen molar-refractivity contribution in [3.63, 3.8) is 0 Å². The Bertz CT molecular complexity index is 1050. The number of rotatable bonds is 6. The van der Waals surface area contributed by atoms with E-state index in [1.54, 1.807) is 36.4 Å². The fraction of sp³-hybridized carbons (Fsp3) is 0.0400. The minimum absolute atomic E-state index is 0.395. The molecular formula is C25H22B2O6. The molecule has 0 bridgehead atoms. The van der Waals surface area contributed by atoms with Crippen molar-refractivity contribution in [1.82, 2.24) is 0 Å². The second-order valence-corrected chi connectivity index (χ2v) is 7.79. The van der Waals surface area contributed by atoms with Crippen molar-refractivity contribution in [2.75, 3.05) is 0 Å².